The molecular weight excluding hydrogens is 352 g/mol. The maximum Gasteiger partial charge on any atom is 0.155 e. The van der Waals surface area contributed by atoms with Gasteiger partial charge < -0.3 is 0 Å². The smallest absolute Gasteiger partial charge is 0.0839 e. The Morgan fingerprint density at radius 2 is 1.11 bits per heavy atom. The summed E-state index contributed by atoms with van der Waals surface area (Å²) in [5.74, 6) is 0.734. The second kappa shape index (κ2) is 7.41. The topological polar surface area (TPSA) is 0 Å². The molecular formula is C27H26Si. The van der Waals surface area contributed by atoms with Crippen molar-refractivity contribution in [2.45, 2.75) is 24.8 Å². The molecule has 138 valence electrons. The van der Waals surface area contributed by atoms with Crippen molar-refractivity contribution in [3.05, 3.63) is 115 Å². The average Bonchev–Trinajstić information content (AvgIpc) is 3.21. The highest BCUT2D eigenvalue weighted by Crippen LogP contribution is 2.48. The van der Waals surface area contributed by atoms with Crippen LogP contribution in [0.3, 0.4) is 0 Å². The van der Waals surface area contributed by atoms with Gasteiger partial charge in [0.2, 0.25) is 0 Å². The fourth-order valence-corrected chi connectivity index (χ4v) is 11.4. The molecule has 0 N–H and O–H groups in total. The summed E-state index contributed by atoms with van der Waals surface area (Å²) in [4.78, 5) is 0. The Hall–Kier alpha value is -2.64. The fraction of sp³-hybridized carbons (Fsp3) is 0.185. The zero-order valence-corrected chi connectivity index (χ0v) is 17.2. The molecule has 0 spiro atoms. The number of benzene rings is 3. The van der Waals surface area contributed by atoms with Crippen LogP contribution in [-0.4, -0.2) is 8.07 Å². The third kappa shape index (κ3) is 2.73. The Labute approximate surface area is 169 Å². The van der Waals surface area contributed by atoms with Gasteiger partial charge in [-0.1, -0.05) is 115 Å². The Morgan fingerprint density at radius 3 is 1.61 bits per heavy atom. The van der Waals surface area contributed by atoms with Gasteiger partial charge in [-0.05, 0) is 46.3 Å². The monoisotopic (exact) mass is 378 g/mol. The van der Waals surface area contributed by atoms with E-state index >= 15 is 0 Å². The lowest BCUT2D eigenvalue weighted by Crippen LogP contribution is -2.69. The first kappa shape index (κ1) is 17.5. The summed E-state index contributed by atoms with van der Waals surface area (Å²) in [6.45, 7) is 0. The summed E-state index contributed by atoms with van der Waals surface area (Å²) >= 11 is 0. The van der Waals surface area contributed by atoms with Crippen molar-refractivity contribution in [1.29, 1.82) is 0 Å². The van der Waals surface area contributed by atoms with Gasteiger partial charge >= 0.3 is 0 Å². The molecule has 0 amide bonds. The van der Waals surface area contributed by atoms with E-state index in [0.29, 0.717) is 5.54 Å². The number of hydrogen-bond acceptors (Lipinski definition) is 0. The highest BCUT2D eigenvalue weighted by atomic mass is 28.3. The van der Waals surface area contributed by atoms with Gasteiger partial charge in [0.05, 0.1) is 0 Å². The molecule has 1 saturated carbocycles. The van der Waals surface area contributed by atoms with Crippen molar-refractivity contribution in [1.82, 2.24) is 0 Å². The van der Waals surface area contributed by atoms with E-state index < -0.39 is 8.07 Å². The summed E-state index contributed by atoms with van der Waals surface area (Å²) in [6, 6.07) is 34.1. The van der Waals surface area contributed by atoms with E-state index in [4.69, 9.17) is 0 Å². The first-order valence-electron chi connectivity index (χ1n) is 10.4. The van der Waals surface area contributed by atoms with Gasteiger partial charge in [-0.2, -0.15) is 0 Å². The summed E-state index contributed by atoms with van der Waals surface area (Å²) < 4.78 is 0. The molecule has 2 aliphatic rings. The molecule has 0 bridgehead atoms. The molecule has 0 nitrogen and oxygen atoms in total. The normalized spacial score (nSPS) is 21.2. The Kier molecular flexibility index (Phi) is 4.62. The second-order valence-corrected chi connectivity index (χ2v) is 12.1. The number of fused-ring (bicyclic) bond motifs is 1. The molecule has 2 aliphatic carbocycles. The van der Waals surface area contributed by atoms with Crippen LogP contribution in [0.2, 0.25) is 5.54 Å². The van der Waals surface area contributed by atoms with Crippen LogP contribution in [0.4, 0.5) is 0 Å². The van der Waals surface area contributed by atoms with Gasteiger partial charge in [0.25, 0.3) is 0 Å². The molecule has 0 aliphatic heterocycles. The summed E-state index contributed by atoms with van der Waals surface area (Å²) in [7, 11) is -2.20. The van der Waals surface area contributed by atoms with E-state index in [1.807, 2.05) is 0 Å². The molecule has 5 rings (SSSR count). The van der Waals surface area contributed by atoms with Crippen molar-refractivity contribution in [3.63, 3.8) is 0 Å². The number of hydrogen-bond donors (Lipinski definition) is 0. The van der Waals surface area contributed by atoms with Crippen molar-refractivity contribution < 1.29 is 0 Å². The first-order valence-corrected chi connectivity index (χ1v) is 12.5. The van der Waals surface area contributed by atoms with Gasteiger partial charge in [-0.15, -0.1) is 0 Å². The van der Waals surface area contributed by atoms with Crippen LogP contribution in [-0.2, 0) is 0 Å². The van der Waals surface area contributed by atoms with Crippen LogP contribution in [0.25, 0.3) is 0 Å². The second-order valence-electron chi connectivity index (χ2n) is 8.06. The minimum Gasteiger partial charge on any atom is -0.0839 e. The SMILES string of the molecule is C1=CCC2CCC([Si](c3ccccc3)(c3ccccc3)c3ccccc3)C2=C1. The lowest BCUT2D eigenvalue weighted by Gasteiger charge is -2.40. The van der Waals surface area contributed by atoms with Crippen LogP contribution >= 0.6 is 0 Å². The summed E-state index contributed by atoms with van der Waals surface area (Å²) in [6.07, 6.45) is 10.9. The molecule has 0 heterocycles. The predicted octanol–water partition coefficient (Wildman–Crippen LogP) is 4.82. The molecule has 3 aromatic rings. The molecule has 28 heavy (non-hydrogen) atoms. The maximum atomic E-state index is 2.45. The zero-order valence-electron chi connectivity index (χ0n) is 16.2. The Balaban J connectivity index is 1.83. The van der Waals surface area contributed by atoms with E-state index in [2.05, 4.69) is 109 Å². The summed E-state index contributed by atoms with van der Waals surface area (Å²) in [5, 5.41) is 4.61. The Morgan fingerprint density at radius 1 is 0.607 bits per heavy atom. The van der Waals surface area contributed by atoms with Crippen LogP contribution in [0.5, 0.6) is 0 Å². The standard InChI is InChI=1S/C27H26Si/c1-4-13-23(14-5-1)28(24-15-6-2-7-16-24,25-17-8-3-9-18-25)27-21-20-22-12-10-11-19-26(22)27/h1-11,13-19,22,27H,12,20-21H2. The third-order valence-corrected chi connectivity index (χ3v) is 12.1. The van der Waals surface area contributed by atoms with Crippen molar-refractivity contribution in [2.24, 2.45) is 5.92 Å². The van der Waals surface area contributed by atoms with Crippen LogP contribution in [0.1, 0.15) is 19.3 Å². The molecule has 1 heteroatoms. The molecule has 0 radical (unpaired) electrons. The molecule has 0 aromatic heterocycles. The van der Waals surface area contributed by atoms with Gasteiger partial charge in [0, 0.05) is 0 Å². The minimum absolute atomic E-state index is 0.620. The molecule has 2 atom stereocenters. The lowest BCUT2D eigenvalue weighted by molar-refractivity contribution is 0.633. The van der Waals surface area contributed by atoms with E-state index in [1.165, 1.54) is 34.8 Å². The lowest BCUT2D eigenvalue weighted by atomic mass is 9.95. The largest absolute Gasteiger partial charge is 0.155 e. The third-order valence-electron chi connectivity index (χ3n) is 6.73. The van der Waals surface area contributed by atoms with Crippen molar-refractivity contribution in [2.75, 3.05) is 0 Å². The maximum absolute atomic E-state index is 2.45. The number of rotatable bonds is 4. The Bertz CT molecular complexity index is 890. The molecule has 2 unspecified atom stereocenters. The zero-order chi connectivity index (χ0) is 18.8. The summed E-state index contributed by atoms with van der Waals surface area (Å²) in [5.41, 5.74) is 2.32. The highest BCUT2D eigenvalue weighted by Gasteiger charge is 2.50. The first-order chi connectivity index (χ1) is 13.9. The van der Waals surface area contributed by atoms with Crippen LogP contribution < -0.4 is 15.6 Å². The highest BCUT2D eigenvalue weighted by molar-refractivity contribution is 7.12. The van der Waals surface area contributed by atoms with E-state index in [-0.39, 0.29) is 0 Å². The minimum atomic E-state index is -2.20. The van der Waals surface area contributed by atoms with E-state index in [1.54, 1.807) is 5.57 Å². The van der Waals surface area contributed by atoms with Gasteiger partial charge in [-0.3, -0.25) is 0 Å². The van der Waals surface area contributed by atoms with Crippen LogP contribution in [0, 0.1) is 5.92 Å². The van der Waals surface area contributed by atoms with Crippen molar-refractivity contribution in [3.8, 4) is 0 Å². The average molecular weight is 379 g/mol. The molecule has 3 aromatic carbocycles. The van der Waals surface area contributed by atoms with Gasteiger partial charge in [-0.25, -0.2) is 0 Å². The predicted molar refractivity (Wildman–Crippen MR) is 122 cm³/mol. The number of allylic oxidation sites excluding steroid dienone is 4. The quantitative estimate of drug-likeness (QED) is 0.451. The molecule has 1 fully saturated rings. The van der Waals surface area contributed by atoms with Crippen LogP contribution in [0.15, 0.2) is 115 Å². The van der Waals surface area contributed by atoms with E-state index in [9.17, 15) is 0 Å². The van der Waals surface area contributed by atoms with E-state index in [0.717, 1.165) is 5.92 Å². The van der Waals surface area contributed by atoms with Crippen molar-refractivity contribution >= 4 is 23.6 Å². The van der Waals surface area contributed by atoms with Gasteiger partial charge in [0.15, 0.2) is 8.07 Å². The van der Waals surface area contributed by atoms with Gasteiger partial charge in [0.1, 0.15) is 0 Å². The molecule has 0 saturated heterocycles. The fourth-order valence-electron chi connectivity index (χ4n) is 5.59.